The van der Waals surface area contributed by atoms with E-state index in [4.69, 9.17) is 29.6 Å². The van der Waals surface area contributed by atoms with Crippen LogP contribution in [0.5, 0.6) is 0 Å². The summed E-state index contributed by atoms with van der Waals surface area (Å²) in [4.78, 5) is 3.80. The summed E-state index contributed by atoms with van der Waals surface area (Å²) in [6.45, 7) is 0. The van der Waals surface area contributed by atoms with Crippen LogP contribution in [-0.4, -0.2) is 4.98 Å². The Balaban J connectivity index is 3.22. The van der Waals surface area contributed by atoms with E-state index in [-0.39, 0.29) is 0 Å². The molecule has 0 aromatic carbocycles. The second-order valence-electron chi connectivity index (χ2n) is 1.64. The summed E-state index contributed by atoms with van der Waals surface area (Å²) < 4.78 is 0. The minimum Gasteiger partial charge on any atom is -0.228 e. The molecule has 10 heavy (non-hydrogen) atoms. The Bertz CT molecular complexity index is 268. The first-order valence-corrected chi connectivity index (χ1v) is 3.27. The van der Waals surface area contributed by atoms with E-state index in [1.807, 2.05) is 0 Å². The summed E-state index contributed by atoms with van der Waals surface area (Å²) in [6, 6.07) is 3.11. The molecule has 1 heterocycles. The van der Waals surface area contributed by atoms with Gasteiger partial charge in [0.15, 0.2) is 0 Å². The van der Waals surface area contributed by atoms with Crippen molar-refractivity contribution in [1.29, 1.82) is 0 Å². The topological polar surface area (TPSA) is 12.9 Å². The molecule has 1 nitrogen and oxygen atoms in total. The van der Waals surface area contributed by atoms with Crippen molar-refractivity contribution >= 4 is 23.2 Å². The maximum absolute atomic E-state index is 5.61. The molecule has 0 atom stereocenters. The lowest BCUT2D eigenvalue weighted by atomic mass is 10.4. The molecule has 0 spiro atoms. The molecule has 0 saturated carbocycles. The number of hydrogen-bond acceptors (Lipinski definition) is 1. The number of rotatable bonds is 0. The predicted octanol–water partition coefficient (Wildman–Crippen LogP) is 2.37. The third-order valence-electron chi connectivity index (χ3n) is 0.907. The normalized spacial score (nSPS) is 8.90. The van der Waals surface area contributed by atoms with E-state index in [1.165, 1.54) is 6.07 Å². The highest BCUT2D eigenvalue weighted by molar-refractivity contribution is 6.33. The molecule has 3 heteroatoms. The van der Waals surface area contributed by atoms with Crippen LogP contribution in [0.1, 0.15) is 5.69 Å². The van der Waals surface area contributed by atoms with Gasteiger partial charge in [-0.3, -0.25) is 0 Å². The summed E-state index contributed by atoms with van der Waals surface area (Å²) in [5.74, 6) is 2.33. The van der Waals surface area contributed by atoms with Crippen LogP contribution in [-0.2, 0) is 0 Å². The van der Waals surface area contributed by atoms with Crippen LogP contribution in [0.15, 0.2) is 12.1 Å². The van der Waals surface area contributed by atoms with Crippen molar-refractivity contribution in [3.63, 3.8) is 0 Å². The van der Waals surface area contributed by atoms with E-state index in [2.05, 4.69) is 10.9 Å². The highest BCUT2D eigenvalue weighted by Gasteiger charge is 1.94. The summed E-state index contributed by atoms with van der Waals surface area (Å²) >= 11 is 11.1. The number of pyridine rings is 1. The molecule has 0 aliphatic heterocycles. The number of aromatic nitrogens is 1. The van der Waals surface area contributed by atoms with Crippen molar-refractivity contribution in [2.75, 3.05) is 0 Å². The monoisotopic (exact) mass is 171 g/mol. The number of nitrogens with zero attached hydrogens (tertiary/aromatic N) is 1. The fourth-order valence-electron chi connectivity index (χ4n) is 0.540. The van der Waals surface area contributed by atoms with E-state index >= 15 is 0 Å². The molecule has 0 N–H and O–H groups in total. The van der Waals surface area contributed by atoms with Gasteiger partial charge in [-0.1, -0.05) is 29.1 Å². The average molecular weight is 172 g/mol. The van der Waals surface area contributed by atoms with E-state index in [1.54, 1.807) is 6.07 Å². The number of hydrogen-bond donors (Lipinski definition) is 0. The second-order valence-corrected chi connectivity index (χ2v) is 2.46. The van der Waals surface area contributed by atoms with Crippen LogP contribution >= 0.6 is 23.2 Å². The zero-order valence-corrected chi connectivity index (χ0v) is 6.45. The van der Waals surface area contributed by atoms with Crippen molar-refractivity contribution in [3.8, 4) is 12.3 Å². The molecule has 0 bridgehead atoms. The molecule has 0 unspecified atom stereocenters. The van der Waals surface area contributed by atoms with Gasteiger partial charge in [-0.05, 0) is 12.1 Å². The fraction of sp³-hybridized carbons (Fsp3) is 0. The van der Waals surface area contributed by atoms with Gasteiger partial charge in [0.25, 0.3) is 0 Å². The Morgan fingerprint density at radius 2 is 2.10 bits per heavy atom. The first-order valence-electron chi connectivity index (χ1n) is 2.52. The minimum absolute atomic E-state index is 0.320. The van der Waals surface area contributed by atoms with Crippen LogP contribution in [0, 0.1) is 12.3 Å². The lowest BCUT2D eigenvalue weighted by Gasteiger charge is -1.92. The summed E-state index contributed by atoms with van der Waals surface area (Å²) in [5.41, 5.74) is 0.456. The first kappa shape index (κ1) is 7.40. The van der Waals surface area contributed by atoms with Crippen LogP contribution in [0.4, 0.5) is 0 Å². The van der Waals surface area contributed by atoms with Crippen molar-refractivity contribution in [2.24, 2.45) is 0 Å². The second kappa shape index (κ2) is 2.92. The smallest absolute Gasteiger partial charge is 0.132 e. The zero-order chi connectivity index (χ0) is 7.56. The van der Waals surface area contributed by atoms with Crippen LogP contribution in [0.3, 0.4) is 0 Å². The molecule has 1 aromatic rings. The van der Waals surface area contributed by atoms with E-state index in [0.29, 0.717) is 15.9 Å². The first-order chi connectivity index (χ1) is 4.72. The molecule has 0 radical (unpaired) electrons. The van der Waals surface area contributed by atoms with E-state index in [0.717, 1.165) is 0 Å². The molecular weight excluding hydrogens is 169 g/mol. The maximum atomic E-state index is 5.61. The Hall–Kier alpha value is -0.710. The molecule has 0 amide bonds. The third kappa shape index (κ3) is 1.63. The van der Waals surface area contributed by atoms with Gasteiger partial charge in [0.2, 0.25) is 0 Å². The predicted molar refractivity (Wildman–Crippen MR) is 42.2 cm³/mol. The van der Waals surface area contributed by atoms with Gasteiger partial charge in [-0.25, -0.2) is 4.98 Å². The largest absolute Gasteiger partial charge is 0.228 e. The minimum atomic E-state index is 0.320. The van der Waals surface area contributed by atoms with Gasteiger partial charge in [0, 0.05) is 5.02 Å². The van der Waals surface area contributed by atoms with E-state index in [9.17, 15) is 0 Å². The fourth-order valence-corrected chi connectivity index (χ4v) is 1.01. The molecule has 0 saturated heterocycles. The Labute approximate surface area is 69.0 Å². The van der Waals surface area contributed by atoms with Crippen LogP contribution in [0.25, 0.3) is 0 Å². The van der Waals surface area contributed by atoms with Crippen molar-refractivity contribution in [1.82, 2.24) is 4.98 Å². The third-order valence-corrected chi connectivity index (χ3v) is 1.32. The van der Waals surface area contributed by atoms with Gasteiger partial charge in [0.1, 0.15) is 10.8 Å². The van der Waals surface area contributed by atoms with Crippen molar-refractivity contribution in [2.45, 2.75) is 0 Å². The van der Waals surface area contributed by atoms with Gasteiger partial charge < -0.3 is 0 Å². The molecule has 50 valence electrons. The Morgan fingerprint density at radius 3 is 2.60 bits per heavy atom. The van der Waals surface area contributed by atoms with Crippen LogP contribution in [0.2, 0.25) is 10.2 Å². The Kier molecular flexibility index (Phi) is 2.16. The van der Waals surface area contributed by atoms with Crippen LogP contribution < -0.4 is 0 Å². The lowest BCUT2D eigenvalue weighted by molar-refractivity contribution is 1.29. The lowest BCUT2D eigenvalue weighted by Crippen LogP contribution is -1.81. The number of terminal acetylenes is 1. The Morgan fingerprint density at radius 1 is 1.40 bits per heavy atom. The molecule has 0 aliphatic carbocycles. The van der Waals surface area contributed by atoms with Crippen molar-refractivity contribution < 1.29 is 0 Å². The standard InChI is InChI=1S/C7H3Cl2N/c1-2-6-3-5(8)4-7(9)10-6/h1,3-4H. The van der Waals surface area contributed by atoms with Gasteiger partial charge >= 0.3 is 0 Å². The number of halogens is 2. The molecule has 0 fully saturated rings. The zero-order valence-electron chi connectivity index (χ0n) is 4.94. The maximum Gasteiger partial charge on any atom is 0.132 e. The average Bonchev–Trinajstić information content (AvgIpc) is 1.85. The highest BCUT2D eigenvalue weighted by Crippen LogP contribution is 2.14. The summed E-state index contributed by atoms with van der Waals surface area (Å²) in [6.07, 6.45) is 5.06. The quantitative estimate of drug-likeness (QED) is 0.432. The molecular formula is C7H3Cl2N. The molecule has 0 aliphatic rings. The van der Waals surface area contributed by atoms with Gasteiger partial charge in [-0.2, -0.15) is 0 Å². The highest BCUT2D eigenvalue weighted by atomic mass is 35.5. The molecule has 1 aromatic heterocycles. The summed E-state index contributed by atoms with van der Waals surface area (Å²) in [7, 11) is 0. The SMILES string of the molecule is C#Cc1cc(Cl)cc(Cl)n1. The van der Waals surface area contributed by atoms with Gasteiger partial charge in [0.05, 0.1) is 0 Å². The van der Waals surface area contributed by atoms with Crippen molar-refractivity contribution in [3.05, 3.63) is 28.0 Å². The molecule has 1 rings (SSSR count). The summed E-state index contributed by atoms with van der Waals surface area (Å²) in [5, 5.41) is 0.827. The van der Waals surface area contributed by atoms with Gasteiger partial charge in [-0.15, -0.1) is 6.42 Å². The van der Waals surface area contributed by atoms with E-state index < -0.39 is 0 Å².